The second-order valence-corrected chi connectivity index (χ2v) is 6.11. The van der Waals surface area contributed by atoms with Crippen LogP contribution in [0.3, 0.4) is 0 Å². The van der Waals surface area contributed by atoms with Crippen molar-refractivity contribution in [1.82, 2.24) is 5.32 Å². The van der Waals surface area contributed by atoms with E-state index >= 15 is 0 Å². The highest BCUT2D eigenvalue weighted by Gasteiger charge is 2.36. The third-order valence-corrected chi connectivity index (χ3v) is 4.30. The highest BCUT2D eigenvalue weighted by molar-refractivity contribution is 5.28. The summed E-state index contributed by atoms with van der Waals surface area (Å²) in [6.07, 6.45) is 4.75. The van der Waals surface area contributed by atoms with Gasteiger partial charge in [0.15, 0.2) is 0 Å². The summed E-state index contributed by atoms with van der Waals surface area (Å²) in [6.45, 7) is 4.87. The molecule has 1 fully saturated rings. The van der Waals surface area contributed by atoms with E-state index in [-0.39, 0.29) is 24.1 Å². The summed E-state index contributed by atoms with van der Waals surface area (Å²) in [5.74, 6) is 0.341. The smallest absolute Gasteiger partial charge is 0.129 e. The zero-order valence-corrected chi connectivity index (χ0v) is 13.0. The fourth-order valence-electron chi connectivity index (χ4n) is 3.00. The van der Waals surface area contributed by atoms with Crippen molar-refractivity contribution in [3.05, 3.63) is 29.6 Å². The average Bonchev–Trinajstić information content (AvgIpc) is 2.49. The first-order valence-corrected chi connectivity index (χ1v) is 7.87. The van der Waals surface area contributed by atoms with Gasteiger partial charge in [0.05, 0.1) is 6.61 Å². The molecule has 2 atom stereocenters. The minimum absolute atomic E-state index is 0.0253. The molecular weight excluding hydrogens is 269 g/mol. The van der Waals surface area contributed by atoms with Gasteiger partial charge < -0.3 is 15.2 Å². The quantitative estimate of drug-likeness (QED) is 0.847. The molecule has 1 aliphatic carbocycles. The van der Waals surface area contributed by atoms with Crippen LogP contribution in [-0.2, 0) is 0 Å². The van der Waals surface area contributed by atoms with Crippen LogP contribution in [0, 0.1) is 12.7 Å². The van der Waals surface area contributed by atoms with E-state index in [2.05, 4.69) is 12.2 Å². The van der Waals surface area contributed by atoms with Gasteiger partial charge in [0, 0.05) is 18.0 Å². The van der Waals surface area contributed by atoms with E-state index in [0.29, 0.717) is 11.3 Å². The maximum Gasteiger partial charge on any atom is 0.129 e. The fourth-order valence-corrected chi connectivity index (χ4v) is 3.00. The number of aliphatic hydroxyl groups excluding tert-OH is 1. The molecule has 2 N–H and O–H groups in total. The molecule has 118 valence electrons. The largest absolute Gasteiger partial charge is 0.490 e. The standard InChI is InChI=1S/C17H26FNO2/c1-3-9-19-17(12-20)8-4-5-15(11-17)21-14-7-6-13(2)16(18)10-14/h6-7,10,15,19-20H,3-5,8-9,11-12H2,1-2H3. The second-order valence-electron chi connectivity index (χ2n) is 6.11. The highest BCUT2D eigenvalue weighted by Crippen LogP contribution is 2.31. The van der Waals surface area contributed by atoms with Gasteiger partial charge in [0.2, 0.25) is 0 Å². The summed E-state index contributed by atoms with van der Waals surface area (Å²) in [7, 11) is 0. The Morgan fingerprint density at radius 1 is 1.48 bits per heavy atom. The fraction of sp³-hybridized carbons (Fsp3) is 0.647. The lowest BCUT2D eigenvalue weighted by atomic mass is 9.80. The predicted molar refractivity (Wildman–Crippen MR) is 82.1 cm³/mol. The SMILES string of the molecule is CCCNC1(CO)CCCC(Oc2ccc(C)c(F)c2)C1. The second kappa shape index (κ2) is 7.23. The Labute approximate surface area is 126 Å². The molecule has 1 aliphatic rings. The summed E-state index contributed by atoms with van der Waals surface area (Å²) < 4.78 is 19.5. The Morgan fingerprint density at radius 2 is 2.29 bits per heavy atom. The van der Waals surface area contributed by atoms with Gasteiger partial charge >= 0.3 is 0 Å². The molecule has 1 aromatic carbocycles. The zero-order valence-electron chi connectivity index (χ0n) is 13.0. The van der Waals surface area contributed by atoms with Crippen LogP contribution in [0.5, 0.6) is 5.75 Å². The number of nitrogens with one attached hydrogen (secondary N) is 1. The van der Waals surface area contributed by atoms with E-state index in [1.54, 1.807) is 13.0 Å². The van der Waals surface area contributed by atoms with Gasteiger partial charge in [-0.2, -0.15) is 0 Å². The minimum atomic E-state index is -0.248. The topological polar surface area (TPSA) is 41.5 Å². The molecule has 1 saturated carbocycles. The Hall–Kier alpha value is -1.13. The summed E-state index contributed by atoms with van der Waals surface area (Å²) in [6, 6.07) is 5.00. The van der Waals surface area contributed by atoms with Crippen LogP contribution < -0.4 is 10.1 Å². The molecule has 2 unspecified atom stereocenters. The third kappa shape index (κ3) is 4.17. The van der Waals surface area contributed by atoms with E-state index in [1.165, 1.54) is 6.07 Å². The van der Waals surface area contributed by atoms with Crippen LogP contribution in [-0.4, -0.2) is 29.9 Å². The molecule has 0 aromatic heterocycles. The average molecular weight is 295 g/mol. The van der Waals surface area contributed by atoms with Gasteiger partial charge in [0.25, 0.3) is 0 Å². The van der Waals surface area contributed by atoms with Crippen molar-refractivity contribution < 1.29 is 14.2 Å². The monoisotopic (exact) mass is 295 g/mol. The number of hydrogen-bond acceptors (Lipinski definition) is 3. The normalized spacial score (nSPS) is 25.8. The van der Waals surface area contributed by atoms with Crippen molar-refractivity contribution in [3.8, 4) is 5.75 Å². The van der Waals surface area contributed by atoms with Gasteiger partial charge in [0.1, 0.15) is 17.7 Å². The Balaban J connectivity index is 2.01. The molecule has 1 aromatic rings. The minimum Gasteiger partial charge on any atom is -0.490 e. The number of hydrogen-bond donors (Lipinski definition) is 2. The molecule has 3 nitrogen and oxygen atoms in total. The number of aryl methyl sites for hydroxylation is 1. The first kappa shape index (κ1) is 16.2. The van der Waals surface area contributed by atoms with E-state index in [4.69, 9.17) is 4.74 Å². The van der Waals surface area contributed by atoms with Crippen LogP contribution in [0.25, 0.3) is 0 Å². The third-order valence-electron chi connectivity index (χ3n) is 4.30. The van der Waals surface area contributed by atoms with Gasteiger partial charge in [-0.3, -0.25) is 0 Å². The van der Waals surface area contributed by atoms with Crippen LogP contribution in [0.1, 0.15) is 44.6 Å². The molecule has 0 bridgehead atoms. The van der Waals surface area contributed by atoms with Crippen molar-refractivity contribution in [2.24, 2.45) is 0 Å². The highest BCUT2D eigenvalue weighted by atomic mass is 19.1. The molecule has 0 radical (unpaired) electrons. The van der Waals surface area contributed by atoms with Crippen molar-refractivity contribution in [3.63, 3.8) is 0 Å². The molecule has 4 heteroatoms. The summed E-state index contributed by atoms with van der Waals surface area (Å²) in [5, 5.41) is 13.2. The van der Waals surface area contributed by atoms with Crippen molar-refractivity contribution in [1.29, 1.82) is 0 Å². The molecule has 2 rings (SSSR count). The molecule has 0 aliphatic heterocycles. The van der Waals surface area contributed by atoms with Gasteiger partial charge in [-0.05, 0) is 50.8 Å². The van der Waals surface area contributed by atoms with E-state index in [1.807, 2.05) is 6.07 Å². The lowest BCUT2D eigenvalue weighted by molar-refractivity contribution is 0.0509. The first-order chi connectivity index (χ1) is 10.1. The van der Waals surface area contributed by atoms with Crippen LogP contribution in [0.4, 0.5) is 4.39 Å². The van der Waals surface area contributed by atoms with Gasteiger partial charge in [-0.15, -0.1) is 0 Å². The number of benzene rings is 1. The first-order valence-electron chi connectivity index (χ1n) is 7.87. The van der Waals surface area contributed by atoms with E-state index in [0.717, 1.165) is 38.6 Å². The van der Waals surface area contributed by atoms with Crippen LogP contribution in [0.2, 0.25) is 0 Å². The molecular formula is C17H26FNO2. The van der Waals surface area contributed by atoms with Crippen molar-refractivity contribution in [2.45, 2.75) is 57.6 Å². The van der Waals surface area contributed by atoms with Crippen molar-refractivity contribution in [2.75, 3.05) is 13.2 Å². The number of aliphatic hydroxyl groups is 1. The number of halogens is 1. The predicted octanol–water partition coefficient (Wildman–Crippen LogP) is 3.19. The Morgan fingerprint density at radius 3 is 2.95 bits per heavy atom. The number of ether oxygens (including phenoxy) is 1. The molecule has 0 saturated heterocycles. The van der Waals surface area contributed by atoms with E-state index < -0.39 is 0 Å². The summed E-state index contributed by atoms with van der Waals surface area (Å²) >= 11 is 0. The summed E-state index contributed by atoms with van der Waals surface area (Å²) in [4.78, 5) is 0. The molecule has 0 spiro atoms. The lowest BCUT2D eigenvalue weighted by Crippen LogP contribution is -2.53. The van der Waals surface area contributed by atoms with Crippen LogP contribution >= 0.6 is 0 Å². The molecule has 0 heterocycles. The van der Waals surface area contributed by atoms with Crippen molar-refractivity contribution >= 4 is 0 Å². The Bertz CT molecular complexity index is 466. The van der Waals surface area contributed by atoms with Crippen LogP contribution in [0.15, 0.2) is 18.2 Å². The lowest BCUT2D eigenvalue weighted by Gasteiger charge is -2.40. The maximum atomic E-state index is 13.6. The zero-order chi connectivity index (χ0) is 15.3. The summed E-state index contributed by atoms with van der Waals surface area (Å²) in [5.41, 5.74) is 0.377. The Kier molecular flexibility index (Phi) is 5.59. The number of rotatable bonds is 6. The van der Waals surface area contributed by atoms with Gasteiger partial charge in [-0.25, -0.2) is 4.39 Å². The maximum absolute atomic E-state index is 13.6. The van der Waals surface area contributed by atoms with Gasteiger partial charge in [-0.1, -0.05) is 13.0 Å². The van der Waals surface area contributed by atoms with E-state index in [9.17, 15) is 9.50 Å². The molecule has 0 amide bonds. The molecule has 21 heavy (non-hydrogen) atoms.